The SMILES string of the molecule is COc1cc(Nc2ncnc3c(NC(=O)Nc4cc(F)cc(F)c4)cccc23)cc(OC)c1. The maximum absolute atomic E-state index is 13.4. The number of halogens is 2. The van der Waals surface area contributed by atoms with Crippen LogP contribution in [0.4, 0.5) is 36.5 Å². The lowest BCUT2D eigenvalue weighted by molar-refractivity contribution is 0.262. The van der Waals surface area contributed by atoms with Crippen molar-refractivity contribution in [1.29, 1.82) is 0 Å². The van der Waals surface area contributed by atoms with Crippen molar-refractivity contribution in [2.24, 2.45) is 0 Å². The second kappa shape index (κ2) is 9.35. The van der Waals surface area contributed by atoms with Crippen LogP contribution in [0.5, 0.6) is 11.5 Å². The fourth-order valence-electron chi connectivity index (χ4n) is 3.22. The van der Waals surface area contributed by atoms with Crippen molar-refractivity contribution in [3.8, 4) is 11.5 Å². The quantitative estimate of drug-likeness (QED) is 0.367. The molecule has 0 saturated heterocycles. The molecule has 0 spiro atoms. The van der Waals surface area contributed by atoms with Gasteiger partial charge in [0.25, 0.3) is 0 Å². The molecule has 3 N–H and O–H groups in total. The first-order valence-electron chi connectivity index (χ1n) is 9.73. The smallest absolute Gasteiger partial charge is 0.323 e. The molecule has 1 aromatic heterocycles. The number of anilines is 4. The first kappa shape index (κ1) is 21.8. The summed E-state index contributed by atoms with van der Waals surface area (Å²) in [6.07, 6.45) is 1.35. The van der Waals surface area contributed by atoms with Gasteiger partial charge in [-0.2, -0.15) is 0 Å². The highest BCUT2D eigenvalue weighted by atomic mass is 19.1. The molecule has 0 aliphatic carbocycles. The molecule has 4 aromatic rings. The molecule has 10 heteroatoms. The van der Waals surface area contributed by atoms with Crippen molar-refractivity contribution in [3.05, 3.63) is 72.6 Å². The summed E-state index contributed by atoms with van der Waals surface area (Å²) in [5, 5.41) is 8.89. The maximum Gasteiger partial charge on any atom is 0.323 e. The molecule has 0 aliphatic heterocycles. The van der Waals surface area contributed by atoms with Gasteiger partial charge in [-0.15, -0.1) is 0 Å². The lowest BCUT2D eigenvalue weighted by atomic mass is 10.2. The van der Waals surface area contributed by atoms with Crippen LogP contribution in [0, 0.1) is 11.6 Å². The second-order valence-corrected chi connectivity index (χ2v) is 6.89. The number of methoxy groups -OCH3 is 2. The zero-order valence-electron chi connectivity index (χ0n) is 17.6. The molecule has 1 heterocycles. The standard InChI is InChI=1S/C23H19F2N5O3/c1-32-17-9-16(10-18(11-17)33-2)28-22-19-4-3-5-20(21(19)26-12-27-22)30-23(31)29-15-7-13(24)6-14(25)8-15/h3-12H,1-2H3,(H,26,27,28)(H2,29,30,31). The number of benzene rings is 3. The first-order valence-corrected chi connectivity index (χ1v) is 9.73. The number of fused-ring (bicyclic) bond motifs is 1. The van der Waals surface area contributed by atoms with Crippen LogP contribution in [0.25, 0.3) is 10.9 Å². The molecule has 0 saturated carbocycles. The van der Waals surface area contributed by atoms with Gasteiger partial charge in [-0.1, -0.05) is 6.07 Å². The lowest BCUT2D eigenvalue weighted by Gasteiger charge is -2.13. The second-order valence-electron chi connectivity index (χ2n) is 6.89. The third-order valence-corrected chi connectivity index (χ3v) is 4.65. The topological polar surface area (TPSA) is 97.4 Å². The van der Waals surface area contributed by atoms with Gasteiger partial charge in [0.05, 0.1) is 25.4 Å². The zero-order valence-corrected chi connectivity index (χ0v) is 17.6. The van der Waals surface area contributed by atoms with E-state index in [1.54, 1.807) is 50.6 Å². The van der Waals surface area contributed by atoms with E-state index in [0.717, 1.165) is 18.2 Å². The van der Waals surface area contributed by atoms with E-state index in [1.165, 1.54) is 6.33 Å². The molecule has 0 radical (unpaired) electrons. The minimum Gasteiger partial charge on any atom is -0.497 e. The molecule has 3 aromatic carbocycles. The Balaban J connectivity index is 1.61. The van der Waals surface area contributed by atoms with Crippen LogP contribution in [0.15, 0.2) is 60.9 Å². The van der Waals surface area contributed by atoms with Crippen LogP contribution in [-0.2, 0) is 0 Å². The molecule has 0 aliphatic rings. The van der Waals surface area contributed by atoms with E-state index in [4.69, 9.17) is 9.47 Å². The minimum atomic E-state index is -0.798. The van der Waals surface area contributed by atoms with E-state index in [0.29, 0.717) is 39.6 Å². The van der Waals surface area contributed by atoms with Gasteiger partial charge < -0.3 is 25.4 Å². The fraction of sp³-hybridized carbons (Fsp3) is 0.0870. The molecule has 2 amide bonds. The highest BCUT2D eigenvalue weighted by Gasteiger charge is 2.12. The largest absolute Gasteiger partial charge is 0.497 e. The van der Waals surface area contributed by atoms with Gasteiger partial charge in [-0.3, -0.25) is 0 Å². The average Bonchev–Trinajstić information content (AvgIpc) is 2.78. The average molecular weight is 451 g/mol. The Hall–Kier alpha value is -4.47. The Morgan fingerprint density at radius 2 is 1.55 bits per heavy atom. The molecule has 0 unspecified atom stereocenters. The van der Waals surface area contributed by atoms with E-state index in [9.17, 15) is 13.6 Å². The van der Waals surface area contributed by atoms with Crippen molar-refractivity contribution >= 4 is 39.8 Å². The Morgan fingerprint density at radius 1 is 0.848 bits per heavy atom. The van der Waals surface area contributed by atoms with E-state index < -0.39 is 17.7 Å². The molecule has 168 valence electrons. The van der Waals surface area contributed by atoms with Crippen molar-refractivity contribution in [2.45, 2.75) is 0 Å². The summed E-state index contributed by atoms with van der Waals surface area (Å²) in [4.78, 5) is 21.0. The Morgan fingerprint density at radius 3 is 2.21 bits per heavy atom. The molecular formula is C23H19F2N5O3. The summed E-state index contributed by atoms with van der Waals surface area (Å²) >= 11 is 0. The molecular weight excluding hydrogens is 432 g/mol. The number of para-hydroxylation sites is 1. The normalized spacial score (nSPS) is 10.5. The number of nitrogens with zero attached hydrogens (tertiary/aromatic N) is 2. The number of hydrogen-bond acceptors (Lipinski definition) is 6. The fourth-order valence-corrected chi connectivity index (χ4v) is 3.22. The number of rotatable bonds is 6. The van der Waals surface area contributed by atoms with Gasteiger partial charge in [-0.05, 0) is 24.3 Å². The van der Waals surface area contributed by atoms with Gasteiger partial charge in [0.15, 0.2) is 0 Å². The molecule has 8 nitrogen and oxygen atoms in total. The molecule has 33 heavy (non-hydrogen) atoms. The predicted molar refractivity (Wildman–Crippen MR) is 121 cm³/mol. The molecule has 4 rings (SSSR count). The number of carbonyl (C=O) groups is 1. The Bertz CT molecular complexity index is 1290. The summed E-state index contributed by atoms with van der Waals surface area (Å²) in [6.45, 7) is 0. The summed E-state index contributed by atoms with van der Waals surface area (Å²) in [5.74, 6) is 0.0961. The summed E-state index contributed by atoms with van der Waals surface area (Å²) < 4.78 is 37.4. The molecule has 0 atom stereocenters. The van der Waals surface area contributed by atoms with Gasteiger partial charge in [0, 0.05) is 41.0 Å². The summed E-state index contributed by atoms with van der Waals surface area (Å²) in [7, 11) is 3.11. The molecule has 0 fully saturated rings. The molecule has 0 bridgehead atoms. The number of aromatic nitrogens is 2. The number of hydrogen-bond donors (Lipinski definition) is 3. The van der Waals surface area contributed by atoms with Gasteiger partial charge in [0.1, 0.15) is 35.3 Å². The summed E-state index contributed by atoms with van der Waals surface area (Å²) in [5.41, 5.74) is 1.51. The van der Waals surface area contributed by atoms with Crippen LogP contribution in [0.1, 0.15) is 0 Å². The van der Waals surface area contributed by atoms with Crippen LogP contribution in [0.3, 0.4) is 0 Å². The number of ether oxygens (including phenoxy) is 2. The van der Waals surface area contributed by atoms with E-state index in [-0.39, 0.29) is 5.69 Å². The number of urea groups is 1. The van der Waals surface area contributed by atoms with Crippen LogP contribution in [0.2, 0.25) is 0 Å². The van der Waals surface area contributed by atoms with Gasteiger partial charge in [-0.25, -0.2) is 23.5 Å². The summed E-state index contributed by atoms with van der Waals surface area (Å²) in [6, 6.07) is 12.5. The Kier molecular flexibility index (Phi) is 6.16. The lowest BCUT2D eigenvalue weighted by Crippen LogP contribution is -2.20. The van der Waals surface area contributed by atoms with Crippen LogP contribution in [-0.4, -0.2) is 30.2 Å². The first-order chi connectivity index (χ1) is 15.9. The monoisotopic (exact) mass is 451 g/mol. The predicted octanol–water partition coefficient (Wildman–Crippen LogP) is 5.31. The third-order valence-electron chi connectivity index (χ3n) is 4.65. The van der Waals surface area contributed by atoms with Gasteiger partial charge >= 0.3 is 6.03 Å². The van der Waals surface area contributed by atoms with Gasteiger partial charge in [0.2, 0.25) is 0 Å². The number of carbonyl (C=O) groups excluding carboxylic acids is 1. The highest BCUT2D eigenvalue weighted by Crippen LogP contribution is 2.31. The minimum absolute atomic E-state index is 0.0193. The third kappa shape index (κ3) is 5.06. The van der Waals surface area contributed by atoms with E-state index in [1.807, 2.05) is 0 Å². The maximum atomic E-state index is 13.4. The van der Waals surface area contributed by atoms with Crippen molar-refractivity contribution in [2.75, 3.05) is 30.2 Å². The number of nitrogens with one attached hydrogen (secondary N) is 3. The number of amides is 2. The van der Waals surface area contributed by atoms with E-state index >= 15 is 0 Å². The van der Waals surface area contributed by atoms with Crippen molar-refractivity contribution in [1.82, 2.24) is 9.97 Å². The highest BCUT2D eigenvalue weighted by molar-refractivity contribution is 6.07. The van der Waals surface area contributed by atoms with E-state index in [2.05, 4.69) is 25.9 Å². The van der Waals surface area contributed by atoms with Crippen LogP contribution < -0.4 is 25.4 Å². The Labute approximate surface area is 187 Å². The zero-order chi connectivity index (χ0) is 23.4. The van der Waals surface area contributed by atoms with Crippen molar-refractivity contribution in [3.63, 3.8) is 0 Å². The van der Waals surface area contributed by atoms with Crippen LogP contribution >= 0.6 is 0 Å². The van der Waals surface area contributed by atoms with Crippen molar-refractivity contribution < 1.29 is 23.0 Å².